The maximum atomic E-state index is 13.1. The summed E-state index contributed by atoms with van der Waals surface area (Å²) in [6.45, 7) is 19.0. The van der Waals surface area contributed by atoms with Gasteiger partial charge in [0.05, 0.1) is 75.6 Å². The third kappa shape index (κ3) is 23.0. The Balaban J connectivity index is 0.000000149. The number of nitrogens with zero attached hydrogens (tertiary/aromatic N) is 8. The molecule has 3 aliphatic rings. The summed E-state index contributed by atoms with van der Waals surface area (Å²) in [5.74, 6) is -3.26. The van der Waals surface area contributed by atoms with Gasteiger partial charge in [0, 0.05) is 59.7 Å². The van der Waals surface area contributed by atoms with Crippen molar-refractivity contribution in [2.75, 3.05) is 72.1 Å². The molecule has 44 heteroatoms. The van der Waals surface area contributed by atoms with E-state index >= 15 is 0 Å². The number of amides is 7. The van der Waals surface area contributed by atoms with E-state index < -0.39 is 86.0 Å². The van der Waals surface area contributed by atoms with Gasteiger partial charge in [0.15, 0.2) is 29.5 Å². The fourth-order valence-corrected chi connectivity index (χ4v) is 24.6. The number of carbonyl (C=O) groups is 6. The number of amidine groups is 2. The number of urea groups is 1. The molecule has 13 aromatic rings. The number of aryl methyl sites for hydroxylation is 3. The molecule has 0 aliphatic carbocycles. The highest BCUT2D eigenvalue weighted by Gasteiger charge is 2.34. The molecule has 0 bridgehead atoms. The summed E-state index contributed by atoms with van der Waals surface area (Å²) in [7, 11) is -13.8. The van der Waals surface area contributed by atoms with Crippen molar-refractivity contribution in [2.45, 2.75) is 56.6 Å². The molecule has 131 heavy (non-hydrogen) atoms. The Morgan fingerprint density at radius 3 is 1.55 bits per heavy atom. The van der Waals surface area contributed by atoms with Crippen molar-refractivity contribution in [3.63, 3.8) is 0 Å². The van der Waals surface area contributed by atoms with Gasteiger partial charge < -0.3 is 41.4 Å². The van der Waals surface area contributed by atoms with Gasteiger partial charge in [-0.3, -0.25) is 33.8 Å². The first-order valence-electron chi connectivity index (χ1n) is 38.4. The van der Waals surface area contributed by atoms with E-state index in [1.165, 1.54) is 85.9 Å². The first-order valence-corrected chi connectivity index (χ1v) is 50.0. The van der Waals surface area contributed by atoms with Crippen molar-refractivity contribution in [3.05, 3.63) is 323 Å². The maximum Gasteiger partial charge on any atom is 0.333 e. The van der Waals surface area contributed by atoms with Gasteiger partial charge >= 0.3 is 11.7 Å². The van der Waals surface area contributed by atoms with Crippen molar-refractivity contribution in [1.29, 1.82) is 0 Å². The largest absolute Gasteiger partial charge is 0.375 e. The fraction of sp³-hybridized carbons (Fsp3) is 0.126. The van der Waals surface area contributed by atoms with Crippen molar-refractivity contribution < 1.29 is 62.4 Å². The zero-order valence-electron chi connectivity index (χ0n) is 68.2. The van der Waals surface area contributed by atoms with Gasteiger partial charge in [0.25, 0.3) is 33.3 Å². The molecule has 7 amide bonds. The smallest absolute Gasteiger partial charge is 0.333 e. The Kier molecular flexibility index (Phi) is 30.1. The molecule has 0 radical (unpaired) electrons. The average Bonchev–Trinajstić information content (AvgIpc) is 1.65. The Labute approximate surface area is 790 Å². The van der Waals surface area contributed by atoms with Crippen LogP contribution >= 0.6 is 103 Å². The second-order valence-corrected chi connectivity index (χ2v) is 44.3. The number of aliphatic imine (C=N–C) groups is 1. The molecule has 8 aromatic carbocycles. The molecule has 7 N–H and O–H groups in total. The number of fused-ring (bicyclic) bond motifs is 4. The van der Waals surface area contributed by atoms with E-state index in [1.807, 2.05) is 60.2 Å². The van der Waals surface area contributed by atoms with Crippen molar-refractivity contribution >= 4 is 252 Å². The minimum atomic E-state index is -4.07. The molecular formula is C87H68Cl5N15O16S8. The molecule has 670 valence electrons. The quantitative estimate of drug-likeness (QED) is 0.0130. The molecule has 0 atom stereocenters. The van der Waals surface area contributed by atoms with Crippen molar-refractivity contribution in [3.8, 4) is 5.69 Å². The molecular weight excluding hydrogens is 1940 g/mol. The van der Waals surface area contributed by atoms with E-state index in [0.29, 0.717) is 106 Å². The number of carbonyl (C=O) groups excluding carboxylic acids is 6. The lowest BCUT2D eigenvalue weighted by atomic mass is 10.0. The molecule has 31 nitrogen and oxygen atoms in total. The molecule has 0 unspecified atom stereocenters. The summed E-state index contributed by atoms with van der Waals surface area (Å²) in [4.78, 5) is 119. The summed E-state index contributed by atoms with van der Waals surface area (Å²) >= 11 is 33.3. The minimum Gasteiger partial charge on any atom is -0.375 e. The average molecular weight is 2010 g/mol. The summed E-state index contributed by atoms with van der Waals surface area (Å²) in [5.41, 5.74) is 8.98. The predicted octanol–water partition coefficient (Wildman–Crippen LogP) is 17.6. The van der Waals surface area contributed by atoms with Crippen LogP contribution in [-0.4, -0.2) is 121 Å². The maximum absolute atomic E-state index is 13.1. The number of aromatic amines is 1. The van der Waals surface area contributed by atoms with Gasteiger partial charge in [-0.15, -0.1) is 50.3 Å². The number of nitrogens with one attached hydrogen (secondary N) is 7. The number of benzene rings is 8. The van der Waals surface area contributed by atoms with Crippen LogP contribution in [-0.2, 0) is 73.4 Å². The van der Waals surface area contributed by atoms with Crippen molar-refractivity contribution in [1.82, 2.24) is 14.3 Å². The monoisotopic (exact) mass is 2010 g/mol. The van der Waals surface area contributed by atoms with Gasteiger partial charge in [-0.2, -0.15) is 6.57 Å². The third-order valence-corrected chi connectivity index (χ3v) is 33.3. The lowest BCUT2D eigenvalue weighted by Crippen LogP contribution is -2.38. The van der Waals surface area contributed by atoms with E-state index in [1.54, 1.807) is 108 Å². The van der Waals surface area contributed by atoms with Crippen LogP contribution in [0.25, 0.3) is 26.4 Å². The molecule has 0 saturated heterocycles. The van der Waals surface area contributed by atoms with Gasteiger partial charge in [-0.1, -0.05) is 125 Å². The number of imide groups is 1. The van der Waals surface area contributed by atoms with Gasteiger partial charge in [0.1, 0.15) is 45.0 Å². The zero-order valence-corrected chi connectivity index (χ0v) is 78.5. The van der Waals surface area contributed by atoms with Gasteiger partial charge in [0.2, 0.25) is 23.3 Å². The number of rotatable bonds is 19. The molecule has 3 aliphatic heterocycles. The van der Waals surface area contributed by atoms with Crippen molar-refractivity contribution in [2.24, 2.45) is 10.1 Å². The van der Waals surface area contributed by atoms with Crippen LogP contribution in [0.1, 0.15) is 55.0 Å². The minimum absolute atomic E-state index is 0.0432. The number of hydrogen-bond donors (Lipinski definition) is 7. The Bertz CT molecular complexity index is 7550. The van der Waals surface area contributed by atoms with Crippen LogP contribution in [0.5, 0.6) is 0 Å². The Hall–Kier alpha value is -12.7. The normalized spacial score (nSPS) is 13.3. The van der Waals surface area contributed by atoms with Crippen LogP contribution in [0.2, 0.25) is 22.4 Å². The third-order valence-electron chi connectivity index (χ3n) is 19.7. The highest BCUT2D eigenvalue weighted by atomic mass is 35.5. The molecule has 5 aromatic heterocycles. The number of sulfonamides is 1. The molecule has 0 spiro atoms. The highest BCUT2D eigenvalue weighted by Crippen LogP contribution is 2.39. The van der Waals surface area contributed by atoms with E-state index in [-0.39, 0.29) is 73.4 Å². The summed E-state index contributed by atoms with van der Waals surface area (Å²) in [5, 5.41) is 17.7. The number of H-pyrrole nitrogens is 1. The standard InChI is InChI=1S/C24H21ClN4O3S2.C22H15Cl2N5O4S2.C21H17ClN2O4S2.C20H15ClN4O5S2/c1-26-19-13-18(28-22(27-2)15-34(31,32)24-12-10-21(25)33-24)8-9-20(19)29-14-17-6-4-3-5-16(17)7-11-23(29)30;1-25-28-19(12-35(32,33)21-9-8-18(24)34-21)27-13-6-7-17(15(23)10-13)29-20(30)11-26-16-5-3-2-4-14(16)22(29)31;1-13-10-15(23-19(25)12-30(27,28)20-9-8-18(22)29-20)6-7-17(13)24-11-14-4-2-3-5-16(14)21(24)26;1-11-10-12(22-19(27)24-32(29,30)17-9-8-16(21)31-17)6-7-15(11)25-18(26)13-4-2-3-5-14(13)23-20(25)28/h3-6,8-10,12-13H,7,11,14-15H2,2H3,(H,27,28);2-10,26H,11-12H2,(H,27,28);2-10H,11-12H2,1H3,(H,23,25);2-10H,1H3,(H,23,28)(H2,22,24,27). The molecule has 0 saturated carbocycles. The first-order chi connectivity index (χ1) is 62.4. The van der Waals surface area contributed by atoms with Crippen LogP contribution in [0.4, 0.5) is 56.0 Å². The number of halogens is 5. The summed E-state index contributed by atoms with van der Waals surface area (Å²) in [6, 6.07) is 58.3. The van der Waals surface area contributed by atoms with E-state index in [0.717, 1.165) is 82.8 Å². The van der Waals surface area contributed by atoms with Gasteiger partial charge in [-0.25, -0.2) is 62.3 Å². The van der Waals surface area contributed by atoms with Gasteiger partial charge in [-0.05, 0) is 200 Å². The van der Waals surface area contributed by atoms with E-state index in [9.17, 15) is 72.0 Å². The first kappa shape index (κ1) is 95.9. The molecule has 0 fully saturated rings. The number of thiophene rings is 4. The number of anilines is 8. The lowest BCUT2D eigenvalue weighted by molar-refractivity contribution is -0.118. The number of para-hydroxylation sites is 2. The second kappa shape index (κ2) is 41.2. The van der Waals surface area contributed by atoms with Crippen LogP contribution in [0.3, 0.4) is 0 Å². The summed E-state index contributed by atoms with van der Waals surface area (Å²) in [6.07, 6.45) is 1.03. The number of aromatic nitrogens is 2. The Morgan fingerprint density at radius 2 is 0.977 bits per heavy atom. The molecule has 8 heterocycles. The SMILES string of the molecule is Cc1cc(NC(=O)CS(=O)(=O)c2ccc(Cl)s2)ccc1N1Cc2ccccc2C1=O.Cc1cc(NC(=O)NS(=O)(=O)c2ccc(Cl)s2)ccc1-n1c(=O)[nH]c2ccccc2c1=O.[C-]#[N+]/N=C(/CS(=O)(=O)c1ccc(Cl)s1)Nc1ccc(N2C(=O)CNc3ccccc3C2=O)c(Cl)c1.[C-]#[N+]c1cc(NC(CS(=O)(=O)c2ccc(Cl)s2)=NC)ccc1N1Cc2ccccc2CCC1=O. The lowest BCUT2D eigenvalue weighted by Gasteiger charge is -2.23. The highest BCUT2D eigenvalue weighted by molar-refractivity contribution is 7.95. The topological polar surface area (TPSA) is 409 Å². The van der Waals surface area contributed by atoms with Crippen LogP contribution < -0.4 is 57.3 Å². The van der Waals surface area contributed by atoms with Crippen LogP contribution in [0.15, 0.2) is 255 Å². The van der Waals surface area contributed by atoms with Crippen LogP contribution in [0, 0.1) is 27.0 Å². The summed E-state index contributed by atoms with van der Waals surface area (Å²) < 4.78 is 104. The van der Waals surface area contributed by atoms with E-state index in [2.05, 4.69) is 51.5 Å². The number of sulfone groups is 3. The molecule has 16 rings (SSSR count). The van der Waals surface area contributed by atoms with E-state index in [4.69, 9.17) is 71.1 Å². The second-order valence-electron chi connectivity index (χ2n) is 28.5. The predicted molar refractivity (Wildman–Crippen MR) is 516 cm³/mol. The number of hydrogen-bond acceptors (Lipinski definition) is 23. The zero-order chi connectivity index (χ0) is 94.0. The fourth-order valence-electron chi connectivity index (χ4n) is 13.6. The Morgan fingerprint density at radius 1 is 0.481 bits per heavy atom.